The van der Waals surface area contributed by atoms with Crippen LogP contribution in [-0.2, 0) is 0 Å². The van der Waals surface area contributed by atoms with Gasteiger partial charge < -0.3 is 21.5 Å². The minimum absolute atomic E-state index is 0.476. The summed E-state index contributed by atoms with van der Waals surface area (Å²) in [7, 11) is 0. The van der Waals surface area contributed by atoms with Crippen LogP contribution in [0.15, 0.2) is 30.6 Å². The van der Waals surface area contributed by atoms with Crippen molar-refractivity contribution >= 4 is 28.0 Å². The molecule has 0 fully saturated rings. The molecule has 0 bridgehead atoms. The molecule has 1 aliphatic heterocycles. The normalized spacial score (nSPS) is 13.3. The second kappa shape index (κ2) is 5.01. The van der Waals surface area contributed by atoms with Gasteiger partial charge in [0.25, 0.3) is 0 Å². The van der Waals surface area contributed by atoms with Crippen molar-refractivity contribution in [3.05, 3.63) is 36.2 Å². The zero-order valence-corrected chi connectivity index (χ0v) is 12.8. The van der Waals surface area contributed by atoms with Gasteiger partial charge in [0.15, 0.2) is 0 Å². The van der Waals surface area contributed by atoms with Crippen LogP contribution in [-0.4, -0.2) is 23.1 Å². The van der Waals surface area contributed by atoms with E-state index in [1.807, 2.05) is 18.3 Å². The second-order valence-electron chi connectivity index (χ2n) is 5.65. The summed E-state index contributed by atoms with van der Waals surface area (Å²) in [5.41, 5.74) is 16.7. The molecule has 5 N–H and O–H groups in total. The van der Waals surface area contributed by atoms with Crippen LogP contribution < -0.4 is 21.5 Å². The van der Waals surface area contributed by atoms with Crippen molar-refractivity contribution in [2.45, 2.75) is 6.92 Å². The van der Waals surface area contributed by atoms with Crippen LogP contribution in [0.5, 0.6) is 5.88 Å². The van der Waals surface area contributed by atoms with Crippen molar-refractivity contribution in [3.63, 3.8) is 0 Å². The van der Waals surface area contributed by atoms with E-state index in [2.05, 4.69) is 28.3 Å². The fourth-order valence-electron chi connectivity index (χ4n) is 2.97. The largest absolute Gasteiger partial charge is 0.474 e. The molecule has 2 aromatic heterocycles. The molecule has 1 aromatic carbocycles. The Morgan fingerprint density at radius 1 is 1.13 bits per heavy atom. The molecule has 0 saturated heterocycles. The Kier molecular flexibility index (Phi) is 2.97. The lowest BCUT2D eigenvalue weighted by Crippen LogP contribution is -2.20. The highest BCUT2D eigenvalue weighted by Crippen LogP contribution is 2.37. The number of hydrogen-bond acceptors (Lipinski definition) is 6. The van der Waals surface area contributed by atoms with Gasteiger partial charge in [0, 0.05) is 35.6 Å². The predicted octanol–water partition coefficient (Wildman–Crippen LogP) is 2.57. The van der Waals surface area contributed by atoms with Gasteiger partial charge in [0.1, 0.15) is 18.1 Å². The predicted molar refractivity (Wildman–Crippen MR) is 92.5 cm³/mol. The molecule has 6 nitrogen and oxygen atoms in total. The smallest absolute Gasteiger partial charge is 0.237 e. The minimum Gasteiger partial charge on any atom is -0.474 e. The zero-order chi connectivity index (χ0) is 16.0. The Hall–Kier alpha value is -3.02. The maximum Gasteiger partial charge on any atom is 0.237 e. The van der Waals surface area contributed by atoms with Crippen LogP contribution >= 0.6 is 0 Å². The minimum atomic E-state index is 0.476. The molecule has 0 amide bonds. The van der Waals surface area contributed by atoms with Crippen LogP contribution in [0.3, 0.4) is 0 Å². The first kappa shape index (κ1) is 13.6. The number of benzene rings is 1. The molecule has 0 saturated carbocycles. The number of nitrogens with zero attached hydrogens (tertiary/aromatic N) is 2. The molecule has 116 valence electrons. The fraction of sp³-hybridized carbons (Fsp3) is 0.176. The monoisotopic (exact) mass is 307 g/mol. The Bertz CT molecular complexity index is 922. The van der Waals surface area contributed by atoms with Gasteiger partial charge in [-0.3, -0.25) is 0 Å². The fourth-order valence-corrected chi connectivity index (χ4v) is 2.97. The first-order valence-corrected chi connectivity index (χ1v) is 7.45. The van der Waals surface area contributed by atoms with Gasteiger partial charge in [-0.05, 0) is 41.6 Å². The standard InChI is InChI=1S/C17H17N5O/c1-9-12(7-22-17-16(9)20-2-3-23-17)10-4-11-6-15(19)21-8-13(11)14(18)5-10/h4-8,20H,2-3,18H2,1H3,(H2,19,21). The van der Waals surface area contributed by atoms with E-state index in [1.165, 1.54) is 0 Å². The summed E-state index contributed by atoms with van der Waals surface area (Å²) < 4.78 is 5.58. The highest BCUT2D eigenvalue weighted by atomic mass is 16.5. The quantitative estimate of drug-likeness (QED) is 0.598. The van der Waals surface area contributed by atoms with E-state index < -0.39 is 0 Å². The van der Waals surface area contributed by atoms with E-state index in [1.54, 1.807) is 6.20 Å². The molecule has 0 atom stereocenters. The molecule has 6 heteroatoms. The zero-order valence-electron chi connectivity index (χ0n) is 12.8. The molecule has 3 heterocycles. The van der Waals surface area contributed by atoms with Gasteiger partial charge in [-0.25, -0.2) is 9.97 Å². The van der Waals surface area contributed by atoms with Gasteiger partial charge in [0.2, 0.25) is 5.88 Å². The van der Waals surface area contributed by atoms with Gasteiger partial charge in [-0.1, -0.05) is 0 Å². The number of ether oxygens (including phenoxy) is 1. The summed E-state index contributed by atoms with van der Waals surface area (Å²) in [6.45, 7) is 3.47. The third kappa shape index (κ3) is 2.19. The van der Waals surface area contributed by atoms with Crippen molar-refractivity contribution in [2.75, 3.05) is 29.9 Å². The van der Waals surface area contributed by atoms with Crippen molar-refractivity contribution in [1.29, 1.82) is 0 Å². The first-order valence-electron chi connectivity index (χ1n) is 7.45. The second-order valence-corrected chi connectivity index (χ2v) is 5.65. The van der Waals surface area contributed by atoms with E-state index in [9.17, 15) is 0 Å². The first-order chi connectivity index (χ1) is 11.1. The summed E-state index contributed by atoms with van der Waals surface area (Å²) >= 11 is 0. The lowest BCUT2D eigenvalue weighted by atomic mass is 9.98. The lowest BCUT2D eigenvalue weighted by Gasteiger charge is -2.21. The molecular weight excluding hydrogens is 290 g/mol. The van der Waals surface area contributed by atoms with E-state index in [0.29, 0.717) is 24.0 Å². The maximum absolute atomic E-state index is 6.19. The van der Waals surface area contributed by atoms with Gasteiger partial charge in [0.05, 0.1) is 0 Å². The Morgan fingerprint density at radius 2 is 2.00 bits per heavy atom. The molecule has 1 aliphatic rings. The van der Waals surface area contributed by atoms with E-state index >= 15 is 0 Å². The number of nitrogens with two attached hydrogens (primary N) is 2. The van der Waals surface area contributed by atoms with Gasteiger partial charge in [-0.15, -0.1) is 0 Å². The number of rotatable bonds is 1. The number of anilines is 3. The summed E-state index contributed by atoms with van der Waals surface area (Å²) in [5.74, 6) is 1.13. The van der Waals surface area contributed by atoms with Crippen LogP contribution in [0.4, 0.5) is 17.2 Å². The number of fused-ring (bicyclic) bond motifs is 2. The van der Waals surface area contributed by atoms with E-state index in [4.69, 9.17) is 16.2 Å². The molecule has 0 spiro atoms. The topological polar surface area (TPSA) is 99.1 Å². The molecule has 0 radical (unpaired) electrons. The maximum atomic E-state index is 6.19. The SMILES string of the molecule is Cc1c(-c2cc(N)c3cnc(N)cc3c2)cnc2c1NCCO2. The van der Waals surface area contributed by atoms with Crippen molar-refractivity contribution in [2.24, 2.45) is 0 Å². The van der Waals surface area contributed by atoms with Crippen molar-refractivity contribution in [1.82, 2.24) is 9.97 Å². The van der Waals surface area contributed by atoms with E-state index in [-0.39, 0.29) is 0 Å². The van der Waals surface area contributed by atoms with Crippen LogP contribution in [0.25, 0.3) is 21.9 Å². The molecule has 23 heavy (non-hydrogen) atoms. The van der Waals surface area contributed by atoms with Crippen molar-refractivity contribution in [3.8, 4) is 17.0 Å². The highest BCUT2D eigenvalue weighted by Gasteiger charge is 2.17. The lowest BCUT2D eigenvalue weighted by molar-refractivity contribution is 0.310. The average molecular weight is 307 g/mol. The van der Waals surface area contributed by atoms with Crippen molar-refractivity contribution < 1.29 is 4.74 Å². The van der Waals surface area contributed by atoms with Crippen LogP contribution in [0.2, 0.25) is 0 Å². The number of nitrogen functional groups attached to an aromatic ring is 2. The summed E-state index contributed by atoms with van der Waals surface area (Å²) in [5, 5.41) is 5.22. The number of nitrogens with one attached hydrogen (secondary N) is 1. The highest BCUT2D eigenvalue weighted by molar-refractivity contribution is 5.97. The molecule has 0 aliphatic carbocycles. The Balaban J connectivity index is 1.92. The number of pyridine rings is 2. The molecule has 3 aromatic rings. The third-order valence-electron chi connectivity index (χ3n) is 4.15. The number of aromatic nitrogens is 2. The number of hydrogen-bond donors (Lipinski definition) is 3. The molecule has 4 rings (SSSR count). The Labute approximate surface area is 133 Å². The van der Waals surface area contributed by atoms with Crippen LogP contribution in [0, 0.1) is 6.92 Å². The third-order valence-corrected chi connectivity index (χ3v) is 4.15. The Morgan fingerprint density at radius 3 is 2.87 bits per heavy atom. The van der Waals surface area contributed by atoms with E-state index in [0.717, 1.165) is 39.7 Å². The molecule has 0 unspecified atom stereocenters. The molecular formula is C17H17N5O. The van der Waals surface area contributed by atoms with Gasteiger partial charge in [-0.2, -0.15) is 0 Å². The summed E-state index contributed by atoms with van der Waals surface area (Å²) in [6.07, 6.45) is 3.53. The van der Waals surface area contributed by atoms with Gasteiger partial charge >= 0.3 is 0 Å². The summed E-state index contributed by atoms with van der Waals surface area (Å²) in [6, 6.07) is 5.84. The average Bonchev–Trinajstić information content (AvgIpc) is 2.55. The summed E-state index contributed by atoms with van der Waals surface area (Å²) in [4.78, 5) is 8.53. The van der Waals surface area contributed by atoms with Crippen LogP contribution in [0.1, 0.15) is 5.56 Å².